The highest BCUT2D eigenvalue weighted by Crippen LogP contribution is 2.61. The van der Waals surface area contributed by atoms with Crippen LogP contribution in [0.25, 0.3) is 5.70 Å². The fourth-order valence-corrected chi connectivity index (χ4v) is 7.89. The van der Waals surface area contributed by atoms with Crippen molar-refractivity contribution >= 4 is 36.9 Å². The minimum atomic E-state index is -0.727. The van der Waals surface area contributed by atoms with Gasteiger partial charge in [-0.05, 0) is 54.9 Å². The summed E-state index contributed by atoms with van der Waals surface area (Å²) in [6.45, 7) is 5.42. The Labute approximate surface area is 239 Å². The number of anilines is 1. The number of nitrogens with one attached hydrogen (secondary N) is 2. The molecule has 1 aliphatic rings. The fourth-order valence-electron chi connectivity index (χ4n) is 4.97. The SMILES string of the molecule is C[C@@H](c1ccccc1)N1C=C(c2ccccc2)N([C@@H](C)c2ccccc2)P1CCNC(=S)Nc1ccccc1. The molecule has 6 heteroatoms. The van der Waals surface area contributed by atoms with E-state index in [-0.39, 0.29) is 12.1 Å². The summed E-state index contributed by atoms with van der Waals surface area (Å²) in [6.07, 6.45) is 3.34. The number of nitrogens with zero attached hydrogens (tertiary/aromatic N) is 2. The van der Waals surface area contributed by atoms with Gasteiger partial charge < -0.3 is 20.0 Å². The molecule has 1 unspecified atom stereocenters. The van der Waals surface area contributed by atoms with Crippen LogP contribution in [0.15, 0.2) is 128 Å². The summed E-state index contributed by atoms with van der Waals surface area (Å²) in [5.74, 6) is 0. The predicted octanol–water partition coefficient (Wildman–Crippen LogP) is 8.42. The van der Waals surface area contributed by atoms with E-state index in [0.717, 1.165) is 18.4 Å². The minimum absolute atomic E-state index is 0.214. The smallest absolute Gasteiger partial charge is 0.170 e. The van der Waals surface area contributed by atoms with E-state index in [4.69, 9.17) is 12.2 Å². The highest BCUT2D eigenvalue weighted by atomic mass is 32.1. The van der Waals surface area contributed by atoms with E-state index in [9.17, 15) is 0 Å². The largest absolute Gasteiger partial charge is 0.362 e. The van der Waals surface area contributed by atoms with Gasteiger partial charge in [0.2, 0.25) is 0 Å². The van der Waals surface area contributed by atoms with E-state index >= 15 is 0 Å². The molecule has 1 aliphatic heterocycles. The number of hydrogen-bond acceptors (Lipinski definition) is 3. The Morgan fingerprint density at radius 3 is 1.82 bits per heavy atom. The molecule has 4 aromatic rings. The quantitative estimate of drug-likeness (QED) is 0.161. The van der Waals surface area contributed by atoms with Crippen LogP contribution in [0, 0.1) is 0 Å². The molecule has 0 saturated carbocycles. The van der Waals surface area contributed by atoms with E-state index in [1.807, 2.05) is 30.3 Å². The van der Waals surface area contributed by atoms with Crippen LogP contribution >= 0.6 is 20.4 Å². The second-order valence-electron chi connectivity index (χ2n) is 9.62. The standard InChI is InChI=1S/C33H35N4PS/c1-26(28-15-7-3-8-16-28)36-25-32(30-19-11-5-12-20-30)37(27(2)29-17-9-4-10-18-29)38(36)24-23-34-33(39)35-31-21-13-6-14-22-31/h3-22,25-27H,23-24H2,1-2H3,(H2,34,35,39)/t26-,27-,38?/m0/s1. The average Bonchev–Trinajstić information content (AvgIpc) is 3.37. The van der Waals surface area contributed by atoms with Gasteiger partial charge in [0.05, 0.1) is 26.0 Å². The van der Waals surface area contributed by atoms with Gasteiger partial charge in [-0.15, -0.1) is 0 Å². The van der Waals surface area contributed by atoms with Crippen molar-refractivity contribution in [2.24, 2.45) is 0 Å². The Bertz CT molecular complexity index is 1370. The van der Waals surface area contributed by atoms with Crippen LogP contribution in [0.3, 0.4) is 0 Å². The van der Waals surface area contributed by atoms with E-state index in [0.29, 0.717) is 5.11 Å². The second-order valence-corrected chi connectivity index (χ2v) is 12.1. The maximum absolute atomic E-state index is 5.64. The van der Waals surface area contributed by atoms with E-state index in [1.165, 1.54) is 22.4 Å². The van der Waals surface area contributed by atoms with Crippen LogP contribution in [0.5, 0.6) is 0 Å². The maximum atomic E-state index is 5.64. The van der Waals surface area contributed by atoms with Gasteiger partial charge in [0.1, 0.15) is 0 Å². The summed E-state index contributed by atoms with van der Waals surface area (Å²) < 4.78 is 5.23. The van der Waals surface area contributed by atoms with E-state index in [2.05, 4.69) is 131 Å². The summed E-state index contributed by atoms with van der Waals surface area (Å²) in [5, 5.41) is 7.43. The molecule has 4 aromatic carbocycles. The molecule has 39 heavy (non-hydrogen) atoms. The van der Waals surface area contributed by atoms with Crippen molar-refractivity contribution in [3.63, 3.8) is 0 Å². The van der Waals surface area contributed by atoms with Crippen LogP contribution in [-0.4, -0.2) is 27.2 Å². The molecule has 5 rings (SSSR count). The van der Waals surface area contributed by atoms with Crippen molar-refractivity contribution in [2.45, 2.75) is 25.9 Å². The molecule has 3 atom stereocenters. The third kappa shape index (κ3) is 6.50. The average molecular weight is 551 g/mol. The van der Waals surface area contributed by atoms with Crippen LogP contribution in [0.1, 0.15) is 42.6 Å². The summed E-state index contributed by atoms with van der Waals surface area (Å²) in [5.41, 5.74) is 6.14. The molecule has 2 N–H and O–H groups in total. The highest BCUT2D eigenvalue weighted by Gasteiger charge is 2.38. The summed E-state index contributed by atoms with van der Waals surface area (Å²) in [6, 6.07) is 42.9. The first-order chi connectivity index (χ1) is 19.1. The third-order valence-electron chi connectivity index (χ3n) is 7.04. The Morgan fingerprint density at radius 1 is 0.718 bits per heavy atom. The fraction of sp³-hybridized carbons (Fsp3) is 0.182. The molecule has 0 aromatic heterocycles. The lowest BCUT2D eigenvalue weighted by molar-refractivity contribution is 0.449. The minimum Gasteiger partial charge on any atom is -0.362 e. The van der Waals surface area contributed by atoms with Gasteiger partial charge >= 0.3 is 0 Å². The van der Waals surface area contributed by atoms with Crippen molar-refractivity contribution in [1.82, 2.24) is 14.7 Å². The van der Waals surface area contributed by atoms with Crippen LogP contribution in [-0.2, 0) is 0 Å². The van der Waals surface area contributed by atoms with E-state index in [1.54, 1.807) is 0 Å². The lowest BCUT2D eigenvalue weighted by Crippen LogP contribution is -2.33. The topological polar surface area (TPSA) is 30.5 Å². The van der Waals surface area contributed by atoms with Crippen molar-refractivity contribution in [3.8, 4) is 0 Å². The molecule has 198 valence electrons. The molecule has 0 saturated heterocycles. The molecule has 0 spiro atoms. The van der Waals surface area contributed by atoms with Gasteiger partial charge in [-0.3, -0.25) is 0 Å². The molecule has 1 heterocycles. The van der Waals surface area contributed by atoms with Gasteiger partial charge in [-0.1, -0.05) is 109 Å². The zero-order valence-corrected chi connectivity index (χ0v) is 24.2. The number of hydrogen-bond donors (Lipinski definition) is 2. The van der Waals surface area contributed by atoms with Crippen molar-refractivity contribution in [1.29, 1.82) is 0 Å². The first kappa shape index (κ1) is 26.9. The normalized spacial score (nSPS) is 16.4. The number of thiocarbonyl (C=S) groups is 1. The maximum Gasteiger partial charge on any atom is 0.170 e. The van der Waals surface area contributed by atoms with Crippen LogP contribution < -0.4 is 10.6 Å². The highest BCUT2D eigenvalue weighted by molar-refractivity contribution is 7.80. The molecule has 0 radical (unpaired) electrons. The Hall–Kier alpha value is -3.66. The van der Waals surface area contributed by atoms with Crippen LogP contribution in [0.2, 0.25) is 0 Å². The van der Waals surface area contributed by atoms with Gasteiger partial charge in [0, 0.05) is 24.6 Å². The van der Waals surface area contributed by atoms with Crippen molar-refractivity contribution in [2.75, 3.05) is 18.0 Å². The Morgan fingerprint density at radius 2 is 1.23 bits per heavy atom. The molecule has 0 bridgehead atoms. The summed E-state index contributed by atoms with van der Waals surface area (Å²) >= 11 is 5.64. The summed E-state index contributed by atoms with van der Waals surface area (Å²) in [7, 11) is -0.727. The molecule has 0 amide bonds. The zero-order chi connectivity index (χ0) is 27.0. The van der Waals surface area contributed by atoms with Crippen molar-refractivity contribution < 1.29 is 0 Å². The van der Waals surface area contributed by atoms with Crippen LogP contribution in [0.4, 0.5) is 5.69 Å². The summed E-state index contributed by atoms with van der Waals surface area (Å²) in [4.78, 5) is 0. The molecule has 0 fully saturated rings. The first-order valence-corrected chi connectivity index (χ1v) is 15.3. The van der Waals surface area contributed by atoms with E-state index < -0.39 is 8.22 Å². The molecule has 0 aliphatic carbocycles. The second kappa shape index (κ2) is 12.9. The molecular weight excluding hydrogens is 515 g/mol. The predicted molar refractivity (Wildman–Crippen MR) is 170 cm³/mol. The van der Waals surface area contributed by atoms with Crippen molar-refractivity contribution in [3.05, 3.63) is 144 Å². The lowest BCUT2D eigenvalue weighted by atomic mass is 10.1. The van der Waals surface area contributed by atoms with Gasteiger partial charge in [-0.2, -0.15) is 0 Å². The Kier molecular flexibility index (Phi) is 8.93. The third-order valence-corrected chi connectivity index (χ3v) is 9.97. The monoisotopic (exact) mass is 550 g/mol. The van der Waals surface area contributed by atoms with Gasteiger partial charge in [0.25, 0.3) is 0 Å². The zero-order valence-electron chi connectivity index (χ0n) is 22.4. The first-order valence-electron chi connectivity index (χ1n) is 13.4. The number of para-hydroxylation sites is 1. The van der Waals surface area contributed by atoms with Gasteiger partial charge in [0.15, 0.2) is 5.11 Å². The Balaban J connectivity index is 1.44. The lowest BCUT2D eigenvalue weighted by Gasteiger charge is -2.40. The number of rotatable bonds is 9. The van der Waals surface area contributed by atoms with Gasteiger partial charge in [-0.25, -0.2) is 0 Å². The molecular formula is C33H35N4PS. The molecule has 4 nitrogen and oxygen atoms in total. The number of benzene rings is 4.